The van der Waals surface area contributed by atoms with E-state index < -0.39 is 0 Å². The van der Waals surface area contributed by atoms with Gasteiger partial charge in [0.25, 0.3) is 5.91 Å². The molecular formula is C20H20N4O3S2. The Balaban J connectivity index is 1.31. The van der Waals surface area contributed by atoms with E-state index in [0.717, 1.165) is 46.1 Å². The maximum absolute atomic E-state index is 12.7. The molecular weight excluding hydrogens is 408 g/mol. The SMILES string of the molecule is COC1CCN(c2nc3sc(C(=O)Nc4ccc5oc(C)nc5c4)cc3s2)CC1. The molecule has 0 atom stereocenters. The Morgan fingerprint density at radius 1 is 1.24 bits per heavy atom. The van der Waals surface area contributed by atoms with Gasteiger partial charge in [0.15, 0.2) is 16.6 Å². The Labute approximate surface area is 175 Å². The molecule has 150 valence electrons. The average Bonchev–Trinajstić information content (AvgIpc) is 3.39. The van der Waals surface area contributed by atoms with Crippen molar-refractivity contribution in [2.24, 2.45) is 0 Å². The molecule has 1 aliphatic rings. The molecule has 9 heteroatoms. The van der Waals surface area contributed by atoms with Crippen molar-refractivity contribution in [2.45, 2.75) is 25.9 Å². The van der Waals surface area contributed by atoms with Crippen molar-refractivity contribution in [1.29, 1.82) is 0 Å². The van der Waals surface area contributed by atoms with Crippen molar-refractivity contribution in [2.75, 3.05) is 30.4 Å². The number of fused-ring (bicyclic) bond motifs is 2. The van der Waals surface area contributed by atoms with Crippen LogP contribution in [0.4, 0.5) is 10.8 Å². The molecule has 4 aromatic rings. The lowest BCUT2D eigenvalue weighted by Gasteiger charge is -2.30. The van der Waals surface area contributed by atoms with Gasteiger partial charge in [-0.2, -0.15) is 0 Å². The largest absolute Gasteiger partial charge is 0.441 e. The van der Waals surface area contributed by atoms with Crippen molar-refractivity contribution in [3.05, 3.63) is 35.0 Å². The number of hydrogen-bond acceptors (Lipinski definition) is 8. The van der Waals surface area contributed by atoms with Gasteiger partial charge in [-0.25, -0.2) is 9.97 Å². The second-order valence-corrected chi connectivity index (χ2v) is 9.11. The summed E-state index contributed by atoms with van der Waals surface area (Å²) in [5, 5.41) is 3.97. The van der Waals surface area contributed by atoms with E-state index in [0.29, 0.717) is 28.1 Å². The number of rotatable bonds is 4. The number of piperidine rings is 1. The first-order valence-corrected chi connectivity index (χ1v) is 11.1. The normalized spacial score (nSPS) is 15.4. The molecule has 0 saturated carbocycles. The number of oxazole rings is 1. The molecule has 4 heterocycles. The molecule has 1 amide bonds. The zero-order valence-corrected chi connectivity index (χ0v) is 17.7. The summed E-state index contributed by atoms with van der Waals surface area (Å²) in [6, 6.07) is 7.39. The molecule has 5 rings (SSSR count). The predicted octanol–water partition coefficient (Wildman–Crippen LogP) is 4.67. The highest BCUT2D eigenvalue weighted by Gasteiger charge is 2.22. The summed E-state index contributed by atoms with van der Waals surface area (Å²) >= 11 is 3.07. The van der Waals surface area contributed by atoms with Crippen molar-refractivity contribution in [3.63, 3.8) is 0 Å². The molecule has 1 aromatic carbocycles. The summed E-state index contributed by atoms with van der Waals surface area (Å²) in [4.78, 5) is 25.6. The number of benzene rings is 1. The van der Waals surface area contributed by atoms with Gasteiger partial charge in [-0.3, -0.25) is 4.79 Å². The van der Waals surface area contributed by atoms with Crippen LogP contribution in [0, 0.1) is 6.92 Å². The fraction of sp³-hybridized carbons (Fsp3) is 0.350. The van der Waals surface area contributed by atoms with Crippen LogP contribution in [0.5, 0.6) is 0 Å². The fourth-order valence-corrected chi connectivity index (χ4v) is 5.72. The lowest BCUT2D eigenvalue weighted by atomic mass is 10.1. The standard InChI is InChI=1S/C20H20N4O3S2/c1-11-21-14-9-12(3-4-15(14)27-11)22-18(25)16-10-17-19(28-16)23-20(29-17)24-7-5-13(26-2)6-8-24/h3-4,9-10,13H,5-8H2,1-2H3,(H,22,25). The Morgan fingerprint density at radius 2 is 2.07 bits per heavy atom. The number of nitrogens with one attached hydrogen (secondary N) is 1. The molecule has 29 heavy (non-hydrogen) atoms. The molecule has 1 fully saturated rings. The van der Waals surface area contributed by atoms with Crippen LogP contribution >= 0.6 is 22.7 Å². The van der Waals surface area contributed by atoms with Crippen LogP contribution in [-0.2, 0) is 4.74 Å². The van der Waals surface area contributed by atoms with E-state index in [1.165, 1.54) is 11.3 Å². The van der Waals surface area contributed by atoms with Crippen LogP contribution in [0.2, 0.25) is 0 Å². The van der Waals surface area contributed by atoms with Crippen LogP contribution in [0.25, 0.3) is 20.6 Å². The number of carbonyl (C=O) groups excluding carboxylic acids is 1. The van der Waals surface area contributed by atoms with Gasteiger partial charge >= 0.3 is 0 Å². The minimum absolute atomic E-state index is 0.137. The van der Waals surface area contributed by atoms with E-state index >= 15 is 0 Å². The summed E-state index contributed by atoms with van der Waals surface area (Å²) in [5.41, 5.74) is 2.14. The lowest BCUT2D eigenvalue weighted by molar-refractivity contribution is 0.0819. The quantitative estimate of drug-likeness (QED) is 0.509. The van der Waals surface area contributed by atoms with Gasteiger partial charge in [0.2, 0.25) is 0 Å². The van der Waals surface area contributed by atoms with Gasteiger partial charge in [-0.05, 0) is 37.1 Å². The first-order chi connectivity index (χ1) is 14.1. The number of hydrogen-bond donors (Lipinski definition) is 1. The van der Waals surface area contributed by atoms with Crippen molar-refractivity contribution in [3.8, 4) is 0 Å². The lowest BCUT2D eigenvalue weighted by Crippen LogP contribution is -2.36. The molecule has 1 saturated heterocycles. The van der Waals surface area contributed by atoms with E-state index in [1.807, 2.05) is 24.3 Å². The third-order valence-electron chi connectivity index (χ3n) is 5.10. The Morgan fingerprint density at radius 3 is 2.83 bits per heavy atom. The minimum Gasteiger partial charge on any atom is -0.441 e. The van der Waals surface area contributed by atoms with Gasteiger partial charge in [0.1, 0.15) is 10.3 Å². The summed E-state index contributed by atoms with van der Waals surface area (Å²) in [5.74, 6) is 0.470. The minimum atomic E-state index is -0.137. The van der Waals surface area contributed by atoms with Gasteiger partial charge in [0.05, 0.1) is 15.7 Å². The van der Waals surface area contributed by atoms with Gasteiger partial charge in [-0.15, -0.1) is 11.3 Å². The number of ether oxygens (including phenoxy) is 1. The van der Waals surface area contributed by atoms with Crippen LogP contribution in [0.15, 0.2) is 28.7 Å². The Hall–Kier alpha value is -2.49. The predicted molar refractivity (Wildman–Crippen MR) is 116 cm³/mol. The zero-order chi connectivity index (χ0) is 20.0. The topological polar surface area (TPSA) is 80.5 Å². The highest BCUT2D eigenvalue weighted by Crippen LogP contribution is 2.36. The van der Waals surface area contributed by atoms with E-state index in [4.69, 9.17) is 14.1 Å². The smallest absolute Gasteiger partial charge is 0.265 e. The van der Waals surface area contributed by atoms with Crippen LogP contribution in [0.3, 0.4) is 0 Å². The third kappa shape index (κ3) is 3.61. The highest BCUT2D eigenvalue weighted by molar-refractivity contribution is 7.29. The van der Waals surface area contributed by atoms with Gasteiger partial charge in [-0.1, -0.05) is 11.3 Å². The van der Waals surface area contributed by atoms with E-state index in [2.05, 4.69) is 15.2 Å². The highest BCUT2D eigenvalue weighted by atomic mass is 32.1. The fourth-order valence-electron chi connectivity index (χ4n) is 3.57. The molecule has 1 N–H and O–H groups in total. The second kappa shape index (κ2) is 7.40. The molecule has 1 aliphatic heterocycles. The first-order valence-electron chi connectivity index (χ1n) is 9.46. The molecule has 3 aromatic heterocycles. The van der Waals surface area contributed by atoms with Crippen molar-refractivity contribution in [1.82, 2.24) is 9.97 Å². The molecule has 0 spiro atoms. The second-order valence-electron chi connectivity index (χ2n) is 7.07. The third-order valence-corrected chi connectivity index (χ3v) is 7.32. The molecule has 0 radical (unpaired) electrons. The monoisotopic (exact) mass is 428 g/mol. The van der Waals surface area contributed by atoms with Crippen LogP contribution < -0.4 is 10.2 Å². The number of carbonyl (C=O) groups is 1. The summed E-state index contributed by atoms with van der Waals surface area (Å²) in [6.45, 7) is 3.71. The number of thiazole rings is 1. The molecule has 0 unspecified atom stereocenters. The Bertz CT molecular complexity index is 1160. The van der Waals surface area contributed by atoms with E-state index in [1.54, 1.807) is 25.4 Å². The van der Waals surface area contributed by atoms with Crippen molar-refractivity contribution < 1.29 is 13.9 Å². The number of amides is 1. The first kappa shape index (κ1) is 18.5. The van der Waals surface area contributed by atoms with Crippen LogP contribution in [0.1, 0.15) is 28.4 Å². The number of thiophene rings is 1. The Kier molecular flexibility index (Phi) is 4.73. The maximum Gasteiger partial charge on any atom is 0.265 e. The number of methoxy groups -OCH3 is 1. The summed E-state index contributed by atoms with van der Waals surface area (Å²) < 4.78 is 12.0. The number of anilines is 2. The van der Waals surface area contributed by atoms with E-state index in [-0.39, 0.29) is 5.91 Å². The van der Waals surface area contributed by atoms with Gasteiger partial charge in [0, 0.05) is 32.8 Å². The molecule has 0 bridgehead atoms. The summed E-state index contributed by atoms with van der Waals surface area (Å²) in [6.07, 6.45) is 2.39. The van der Waals surface area contributed by atoms with E-state index in [9.17, 15) is 4.79 Å². The molecule has 0 aliphatic carbocycles. The average molecular weight is 429 g/mol. The van der Waals surface area contributed by atoms with Crippen LogP contribution in [-0.4, -0.2) is 42.2 Å². The maximum atomic E-state index is 12.7. The zero-order valence-electron chi connectivity index (χ0n) is 16.1. The van der Waals surface area contributed by atoms with Gasteiger partial charge < -0.3 is 19.4 Å². The number of nitrogens with zero attached hydrogens (tertiary/aromatic N) is 3. The van der Waals surface area contributed by atoms with Crippen molar-refractivity contribution >= 4 is 60.0 Å². The summed E-state index contributed by atoms with van der Waals surface area (Å²) in [7, 11) is 1.77. The molecule has 7 nitrogen and oxygen atoms in total. The number of aryl methyl sites for hydroxylation is 1. The number of aromatic nitrogens is 2.